The van der Waals surface area contributed by atoms with Crippen molar-refractivity contribution in [2.75, 3.05) is 11.9 Å². The zero-order valence-electron chi connectivity index (χ0n) is 10.2. The van der Waals surface area contributed by atoms with Crippen molar-refractivity contribution in [1.82, 2.24) is 4.98 Å². The van der Waals surface area contributed by atoms with E-state index < -0.39 is 0 Å². The van der Waals surface area contributed by atoms with Gasteiger partial charge in [0.05, 0.1) is 17.7 Å². The first-order valence-corrected chi connectivity index (χ1v) is 7.14. The summed E-state index contributed by atoms with van der Waals surface area (Å²) in [6.45, 7) is 2.76. The van der Waals surface area contributed by atoms with Crippen molar-refractivity contribution < 1.29 is 4.79 Å². The van der Waals surface area contributed by atoms with Gasteiger partial charge in [-0.1, -0.05) is 15.9 Å². The zero-order valence-corrected chi connectivity index (χ0v) is 12.6. The van der Waals surface area contributed by atoms with Crippen molar-refractivity contribution in [3.63, 3.8) is 0 Å². The summed E-state index contributed by atoms with van der Waals surface area (Å²) < 4.78 is 0.968. The van der Waals surface area contributed by atoms with Gasteiger partial charge in [-0.3, -0.25) is 4.79 Å². The lowest BCUT2D eigenvalue weighted by Gasteiger charge is -2.20. The minimum Gasteiger partial charge on any atom is -0.369 e. The number of carbonyl (C=O) groups is 1. The van der Waals surface area contributed by atoms with E-state index in [9.17, 15) is 4.79 Å². The molecular weight excluding hydrogens is 312 g/mol. The number of carbonyl (C=O) groups excluding carboxylic acids is 1. The van der Waals surface area contributed by atoms with Crippen LogP contribution in [0.1, 0.15) is 20.9 Å². The predicted molar refractivity (Wildman–Crippen MR) is 78.5 cm³/mol. The van der Waals surface area contributed by atoms with Gasteiger partial charge < -0.3 is 4.90 Å². The highest BCUT2D eigenvalue weighted by molar-refractivity contribution is 9.10. The summed E-state index contributed by atoms with van der Waals surface area (Å²) in [6, 6.07) is 5.65. The molecule has 1 aromatic carbocycles. The second kappa shape index (κ2) is 5.63. The standard InChI is InChI=1S/C13H13BrN2OS/c1-9-13(18-8-15-9)6-16(2)12-5-11(14)4-3-10(12)7-17/h3-5,7-8H,6H2,1-2H3. The number of rotatable bonds is 4. The van der Waals surface area contributed by atoms with Crippen LogP contribution in [0, 0.1) is 6.92 Å². The van der Waals surface area contributed by atoms with Crippen molar-refractivity contribution in [2.45, 2.75) is 13.5 Å². The van der Waals surface area contributed by atoms with Gasteiger partial charge in [-0.05, 0) is 25.1 Å². The number of aromatic nitrogens is 1. The molecule has 0 fully saturated rings. The Morgan fingerprint density at radius 3 is 2.89 bits per heavy atom. The molecular formula is C13H13BrN2OS. The quantitative estimate of drug-likeness (QED) is 0.804. The number of aryl methyl sites for hydroxylation is 1. The fraction of sp³-hybridized carbons (Fsp3) is 0.231. The van der Waals surface area contributed by atoms with E-state index in [0.717, 1.165) is 28.7 Å². The topological polar surface area (TPSA) is 33.2 Å². The van der Waals surface area contributed by atoms with Gasteiger partial charge in [0.25, 0.3) is 0 Å². The second-order valence-electron chi connectivity index (χ2n) is 4.04. The third-order valence-electron chi connectivity index (χ3n) is 2.76. The van der Waals surface area contributed by atoms with Gasteiger partial charge in [0.2, 0.25) is 0 Å². The number of nitrogens with zero attached hydrogens (tertiary/aromatic N) is 2. The predicted octanol–water partition coefficient (Wildman–Crippen LogP) is 3.66. The fourth-order valence-corrected chi connectivity index (χ4v) is 2.90. The van der Waals surface area contributed by atoms with E-state index in [1.54, 1.807) is 11.3 Å². The van der Waals surface area contributed by atoms with Crippen LogP contribution >= 0.6 is 27.3 Å². The van der Waals surface area contributed by atoms with Gasteiger partial charge in [0, 0.05) is 27.6 Å². The average molecular weight is 325 g/mol. The van der Waals surface area contributed by atoms with Gasteiger partial charge in [-0.25, -0.2) is 4.98 Å². The third kappa shape index (κ3) is 2.79. The largest absolute Gasteiger partial charge is 0.369 e. The van der Waals surface area contributed by atoms with Crippen LogP contribution in [0.3, 0.4) is 0 Å². The fourth-order valence-electron chi connectivity index (χ4n) is 1.73. The first-order chi connectivity index (χ1) is 8.61. The number of halogens is 1. The van der Waals surface area contributed by atoms with Crippen LogP contribution in [-0.2, 0) is 6.54 Å². The number of anilines is 1. The molecule has 2 rings (SSSR count). The molecule has 0 saturated heterocycles. The molecule has 3 nitrogen and oxygen atoms in total. The first kappa shape index (κ1) is 13.2. The van der Waals surface area contributed by atoms with E-state index in [0.29, 0.717) is 5.56 Å². The van der Waals surface area contributed by atoms with Gasteiger partial charge in [0.1, 0.15) is 0 Å². The summed E-state index contributed by atoms with van der Waals surface area (Å²) in [5.74, 6) is 0. The number of benzene rings is 1. The lowest BCUT2D eigenvalue weighted by atomic mass is 10.2. The van der Waals surface area contributed by atoms with Crippen LogP contribution < -0.4 is 4.90 Å². The van der Waals surface area contributed by atoms with Gasteiger partial charge in [-0.15, -0.1) is 11.3 Å². The van der Waals surface area contributed by atoms with E-state index in [-0.39, 0.29) is 0 Å². The maximum atomic E-state index is 11.1. The van der Waals surface area contributed by atoms with Crippen molar-refractivity contribution in [3.05, 3.63) is 44.3 Å². The molecule has 0 N–H and O–H groups in total. The Morgan fingerprint density at radius 1 is 1.50 bits per heavy atom. The molecule has 0 radical (unpaired) electrons. The minimum absolute atomic E-state index is 0.697. The summed E-state index contributed by atoms with van der Waals surface area (Å²) in [4.78, 5) is 18.6. The Bertz CT molecular complexity index is 568. The minimum atomic E-state index is 0.697. The van der Waals surface area contributed by atoms with Crippen LogP contribution in [0.2, 0.25) is 0 Å². The Hall–Kier alpha value is -1.20. The molecule has 0 amide bonds. The Morgan fingerprint density at radius 2 is 2.28 bits per heavy atom. The molecule has 0 bridgehead atoms. The molecule has 0 atom stereocenters. The molecule has 1 heterocycles. The van der Waals surface area contributed by atoms with Gasteiger partial charge in [0.15, 0.2) is 6.29 Å². The van der Waals surface area contributed by atoms with E-state index in [1.807, 2.05) is 37.7 Å². The maximum Gasteiger partial charge on any atom is 0.152 e. The summed E-state index contributed by atoms with van der Waals surface area (Å²) in [7, 11) is 1.98. The van der Waals surface area contributed by atoms with E-state index in [2.05, 4.69) is 25.8 Å². The summed E-state index contributed by atoms with van der Waals surface area (Å²) >= 11 is 5.07. The molecule has 0 saturated carbocycles. The highest BCUT2D eigenvalue weighted by Crippen LogP contribution is 2.25. The second-order valence-corrected chi connectivity index (χ2v) is 5.89. The smallest absolute Gasteiger partial charge is 0.152 e. The highest BCUT2D eigenvalue weighted by atomic mass is 79.9. The lowest BCUT2D eigenvalue weighted by molar-refractivity contribution is 0.112. The van der Waals surface area contributed by atoms with Crippen molar-refractivity contribution in [3.8, 4) is 0 Å². The molecule has 0 spiro atoms. The SMILES string of the molecule is Cc1ncsc1CN(C)c1cc(Br)ccc1C=O. The molecule has 94 valence electrons. The van der Waals surface area contributed by atoms with Crippen LogP contribution in [-0.4, -0.2) is 18.3 Å². The number of thiazole rings is 1. The van der Waals surface area contributed by atoms with Gasteiger partial charge in [-0.2, -0.15) is 0 Å². The highest BCUT2D eigenvalue weighted by Gasteiger charge is 2.10. The summed E-state index contributed by atoms with van der Waals surface area (Å²) in [5.41, 5.74) is 4.52. The van der Waals surface area contributed by atoms with Gasteiger partial charge >= 0.3 is 0 Å². The molecule has 5 heteroatoms. The number of hydrogen-bond donors (Lipinski definition) is 0. The summed E-state index contributed by atoms with van der Waals surface area (Å²) in [5, 5.41) is 0. The zero-order chi connectivity index (χ0) is 13.1. The Balaban J connectivity index is 2.28. The molecule has 18 heavy (non-hydrogen) atoms. The maximum absolute atomic E-state index is 11.1. The van der Waals surface area contributed by atoms with Crippen LogP contribution in [0.15, 0.2) is 28.2 Å². The monoisotopic (exact) mass is 324 g/mol. The van der Waals surface area contributed by atoms with Crippen molar-refractivity contribution in [1.29, 1.82) is 0 Å². The lowest BCUT2D eigenvalue weighted by Crippen LogP contribution is -2.17. The molecule has 0 aliphatic carbocycles. The van der Waals surface area contributed by atoms with Crippen LogP contribution in [0.5, 0.6) is 0 Å². The number of aldehydes is 1. The molecule has 0 unspecified atom stereocenters. The van der Waals surface area contributed by atoms with Crippen LogP contribution in [0.25, 0.3) is 0 Å². The summed E-state index contributed by atoms with van der Waals surface area (Å²) in [6.07, 6.45) is 0.887. The Kier molecular flexibility index (Phi) is 4.14. The Labute approximate surface area is 119 Å². The van der Waals surface area contributed by atoms with Crippen molar-refractivity contribution in [2.24, 2.45) is 0 Å². The molecule has 0 aliphatic rings. The van der Waals surface area contributed by atoms with Crippen LogP contribution in [0.4, 0.5) is 5.69 Å². The molecule has 2 aromatic rings. The average Bonchev–Trinajstić information content (AvgIpc) is 2.75. The van der Waals surface area contributed by atoms with Crippen molar-refractivity contribution >= 4 is 39.2 Å². The third-order valence-corrected chi connectivity index (χ3v) is 4.17. The normalized spacial score (nSPS) is 10.4. The van der Waals surface area contributed by atoms with E-state index >= 15 is 0 Å². The molecule has 1 aromatic heterocycles. The first-order valence-electron chi connectivity index (χ1n) is 5.46. The van der Waals surface area contributed by atoms with E-state index in [4.69, 9.17) is 0 Å². The number of hydrogen-bond acceptors (Lipinski definition) is 4. The molecule has 0 aliphatic heterocycles. The van der Waals surface area contributed by atoms with E-state index in [1.165, 1.54) is 4.88 Å².